The molecule has 0 N–H and O–H groups in total. The third-order valence-electron chi connectivity index (χ3n) is 3.29. The molecule has 1 aromatic heterocycles. The van der Waals surface area contributed by atoms with E-state index < -0.39 is 0 Å². The lowest BCUT2D eigenvalue weighted by atomic mass is 10.1. The van der Waals surface area contributed by atoms with Gasteiger partial charge in [0.05, 0.1) is 18.5 Å². The van der Waals surface area contributed by atoms with Crippen LogP contribution in [0.4, 0.5) is 5.82 Å². The third-order valence-corrected chi connectivity index (χ3v) is 3.95. The topological polar surface area (TPSA) is 38.2 Å². The van der Waals surface area contributed by atoms with Crippen LogP contribution in [0.1, 0.15) is 27.2 Å². The van der Waals surface area contributed by atoms with Gasteiger partial charge in [-0.25, -0.2) is 0 Å². The SMILES string of the molecule is CC(C)Oc1cncc(N2CCC(C)C2CBr)n1. The van der Waals surface area contributed by atoms with Crippen LogP contribution < -0.4 is 9.64 Å². The Balaban J connectivity index is 2.17. The number of hydrogen-bond donors (Lipinski definition) is 0. The van der Waals surface area contributed by atoms with Crippen molar-refractivity contribution in [2.45, 2.75) is 39.3 Å². The van der Waals surface area contributed by atoms with E-state index >= 15 is 0 Å². The predicted molar refractivity (Wildman–Crippen MR) is 76.5 cm³/mol. The molecule has 0 aromatic carbocycles. The fourth-order valence-corrected chi connectivity index (χ4v) is 3.29. The minimum atomic E-state index is 0.124. The van der Waals surface area contributed by atoms with E-state index in [1.165, 1.54) is 6.42 Å². The summed E-state index contributed by atoms with van der Waals surface area (Å²) in [5.74, 6) is 2.21. The molecule has 0 bridgehead atoms. The van der Waals surface area contributed by atoms with Crippen molar-refractivity contribution in [2.75, 3.05) is 16.8 Å². The number of aromatic nitrogens is 2. The van der Waals surface area contributed by atoms with Crippen molar-refractivity contribution in [3.63, 3.8) is 0 Å². The minimum Gasteiger partial charge on any atom is -0.474 e. The molecule has 0 spiro atoms. The van der Waals surface area contributed by atoms with Crippen molar-refractivity contribution in [3.05, 3.63) is 12.4 Å². The van der Waals surface area contributed by atoms with Crippen molar-refractivity contribution in [2.24, 2.45) is 5.92 Å². The van der Waals surface area contributed by atoms with E-state index in [0.717, 1.165) is 17.7 Å². The van der Waals surface area contributed by atoms with E-state index in [9.17, 15) is 0 Å². The molecule has 100 valence electrons. The van der Waals surface area contributed by atoms with Gasteiger partial charge in [-0.05, 0) is 26.2 Å². The molecule has 0 saturated carbocycles. The van der Waals surface area contributed by atoms with Crippen molar-refractivity contribution >= 4 is 21.7 Å². The van der Waals surface area contributed by atoms with Gasteiger partial charge in [0.25, 0.3) is 0 Å². The van der Waals surface area contributed by atoms with Gasteiger partial charge in [-0.1, -0.05) is 22.9 Å². The Bertz CT molecular complexity index is 400. The van der Waals surface area contributed by atoms with Gasteiger partial charge in [-0.15, -0.1) is 0 Å². The summed E-state index contributed by atoms with van der Waals surface area (Å²) in [6.45, 7) is 7.31. The van der Waals surface area contributed by atoms with Crippen LogP contribution in [0.25, 0.3) is 0 Å². The Morgan fingerprint density at radius 1 is 1.50 bits per heavy atom. The molecule has 2 rings (SSSR count). The Morgan fingerprint density at radius 3 is 2.94 bits per heavy atom. The zero-order valence-electron chi connectivity index (χ0n) is 11.1. The lowest BCUT2D eigenvalue weighted by Gasteiger charge is -2.26. The molecule has 1 aliphatic rings. The summed E-state index contributed by atoms with van der Waals surface area (Å²) in [4.78, 5) is 11.1. The Morgan fingerprint density at radius 2 is 2.28 bits per heavy atom. The van der Waals surface area contributed by atoms with Crippen LogP contribution in [0.5, 0.6) is 5.88 Å². The van der Waals surface area contributed by atoms with Gasteiger partial charge in [-0.3, -0.25) is 4.98 Å². The van der Waals surface area contributed by atoms with E-state index in [2.05, 4.69) is 37.7 Å². The van der Waals surface area contributed by atoms with Gasteiger partial charge in [0.15, 0.2) is 5.82 Å². The summed E-state index contributed by atoms with van der Waals surface area (Å²) in [5, 5.41) is 0.963. The number of alkyl halides is 1. The lowest BCUT2D eigenvalue weighted by Crippen LogP contribution is -2.34. The first kappa shape index (κ1) is 13.6. The maximum atomic E-state index is 5.60. The van der Waals surface area contributed by atoms with Crippen molar-refractivity contribution in [1.29, 1.82) is 0 Å². The maximum Gasteiger partial charge on any atom is 0.234 e. The van der Waals surface area contributed by atoms with Gasteiger partial charge in [-0.2, -0.15) is 4.98 Å². The third kappa shape index (κ3) is 2.94. The number of ether oxygens (including phenoxy) is 1. The van der Waals surface area contributed by atoms with E-state index in [1.54, 1.807) is 6.20 Å². The quantitative estimate of drug-likeness (QED) is 0.801. The van der Waals surface area contributed by atoms with Gasteiger partial charge < -0.3 is 9.64 Å². The van der Waals surface area contributed by atoms with Crippen LogP contribution in [0, 0.1) is 5.92 Å². The average molecular weight is 314 g/mol. The summed E-state index contributed by atoms with van der Waals surface area (Å²) in [6, 6.07) is 0.494. The van der Waals surface area contributed by atoms with Crippen LogP contribution in [0.2, 0.25) is 0 Å². The van der Waals surface area contributed by atoms with Gasteiger partial charge in [0.1, 0.15) is 0 Å². The van der Waals surface area contributed by atoms with Gasteiger partial charge >= 0.3 is 0 Å². The number of hydrogen-bond acceptors (Lipinski definition) is 4. The standard InChI is InChI=1S/C13H20BrN3O/c1-9(2)18-13-8-15-7-12(16-13)17-5-4-10(3)11(17)6-14/h7-11H,4-6H2,1-3H3. The second-order valence-corrected chi connectivity index (χ2v) is 5.71. The smallest absolute Gasteiger partial charge is 0.234 e. The molecular weight excluding hydrogens is 294 g/mol. The van der Waals surface area contributed by atoms with Crippen LogP contribution in [-0.2, 0) is 0 Å². The van der Waals surface area contributed by atoms with Gasteiger partial charge in [0.2, 0.25) is 5.88 Å². The number of anilines is 1. The zero-order valence-corrected chi connectivity index (χ0v) is 12.7. The lowest BCUT2D eigenvalue weighted by molar-refractivity contribution is 0.231. The molecule has 5 heteroatoms. The molecule has 1 fully saturated rings. The molecule has 0 aliphatic carbocycles. The minimum absolute atomic E-state index is 0.124. The Labute approximate surface area is 117 Å². The molecule has 2 atom stereocenters. The molecule has 1 aliphatic heterocycles. The van der Waals surface area contributed by atoms with E-state index in [-0.39, 0.29) is 6.10 Å². The van der Waals surface area contributed by atoms with Crippen LogP contribution in [0.15, 0.2) is 12.4 Å². The highest BCUT2D eigenvalue weighted by molar-refractivity contribution is 9.09. The number of rotatable bonds is 4. The summed E-state index contributed by atoms with van der Waals surface area (Å²) >= 11 is 3.59. The molecule has 1 saturated heterocycles. The molecule has 0 radical (unpaired) electrons. The highest BCUT2D eigenvalue weighted by Crippen LogP contribution is 2.29. The molecule has 1 aromatic rings. The first-order valence-electron chi connectivity index (χ1n) is 6.43. The van der Waals surface area contributed by atoms with E-state index in [0.29, 0.717) is 17.8 Å². The van der Waals surface area contributed by atoms with E-state index in [4.69, 9.17) is 4.74 Å². The summed E-state index contributed by atoms with van der Waals surface area (Å²) < 4.78 is 5.60. The summed E-state index contributed by atoms with van der Waals surface area (Å²) in [5.41, 5.74) is 0. The predicted octanol–water partition coefficient (Wildman–Crippen LogP) is 2.87. The molecule has 2 heterocycles. The van der Waals surface area contributed by atoms with Crippen molar-refractivity contribution < 1.29 is 4.74 Å². The first-order chi connectivity index (χ1) is 8.61. The zero-order chi connectivity index (χ0) is 13.1. The molecular formula is C13H20BrN3O. The molecule has 2 unspecified atom stereocenters. The number of halogens is 1. The fourth-order valence-electron chi connectivity index (χ4n) is 2.30. The summed E-state index contributed by atoms with van der Waals surface area (Å²) in [7, 11) is 0. The molecule has 4 nitrogen and oxygen atoms in total. The van der Waals surface area contributed by atoms with Crippen LogP contribution in [-0.4, -0.2) is 34.0 Å². The molecule has 0 amide bonds. The highest BCUT2D eigenvalue weighted by atomic mass is 79.9. The van der Waals surface area contributed by atoms with E-state index in [1.807, 2.05) is 20.0 Å². The highest BCUT2D eigenvalue weighted by Gasteiger charge is 2.31. The molecule has 18 heavy (non-hydrogen) atoms. The Hall–Kier alpha value is -0.840. The summed E-state index contributed by atoms with van der Waals surface area (Å²) in [6.07, 6.45) is 4.82. The average Bonchev–Trinajstić information content (AvgIpc) is 2.70. The number of nitrogens with zero attached hydrogens (tertiary/aromatic N) is 3. The van der Waals surface area contributed by atoms with Crippen molar-refractivity contribution in [3.8, 4) is 5.88 Å². The van der Waals surface area contributed by atoms with Crippen molar-refractivity contribution in [1.82, 2.24) is 9.97 Å². The van der Waals surface area contributed by atoms with Gasteiger partial charge in [0, 0.05) is 17.9 Å². The first-order valence-corrected chi connectivity index (χ1v) is 7.55. The largest absolute Gasteiger partial charge is 0.474 e. The Kier molecular flexibility index (Phi) is 4.43. The maximum absolute atomic E-state index is 5.60. The second-order valence-electron chi connectivity index (χ2n) is 5.06. The van der Waals surface area contributed by atoms with Crippen LogP contribution >= 0.6 is 15.9 Å². The normalized spacial score (nSPS) is 23.7. The fraction of sp³-hybridized carbons (Fsp3) is 0.692. The van der Waals surface area contributed by atoms with Crippen LogP contribution in [0.3, 0.4) is 0 Å². The monoisotopic (exact) mass is 313 g/mol. The second kappa shape index (κ2) is 5.87.